The predicted octanol–water partition coefficient (Wildman–Crippen LogP) is 4.10. The van der Waals surface area contributed by atoms with Gasteiger partial charge in [0.25, 0.3) is 0 Å². The Hall–Kier alpha value is -0.390. The number of aromatic nitrogens is 2. The SMILES string of the molecule is CC(C)(C)C1CCC(Nc2cc(I)ncn2)CC1. The molecule has 1 fully saturated rings. The van der Waals surface area contributed by atoms with Gasteiger partial charge in [0.05, 0.1) is 0 Å². The van der Waals surface area contributed by atoms with E-state index >= 15 is 0 Å². The van der Waals surface area contributed by atoms with E-state index in [0.717, 1.165) is 15.4 Å². The van der Waals surface area contributed by atoms with E-state index in [1.807, 2.05) is 6.07 Å². The summed E-state index contributed by atoms with van der Waals surface area (Å²) >= 11 is 2.22. The van der Waals surface area contributed by atoms with Crippen LogP contribution in [-0.2, 0) is 0 Å². The quantitative estimate of drug-likeness (QED) is 0.638. The van der Waals surface area contributed by atoms with Gasteiger partial charge in [-0.3, -0.25) is 0 Å². The molecule has 18 heavy (non-hydrogen) atoms. The van der Waals surface area contributed by atoms with Crippen LogP contribution in [0.5, 0.6) is 0 Å². The van der Waals surface area contributed by atoms with Crippen molar-refractivity contribution in [1.82, 2.24) is 9.97 Å². The van der Waals surface area contributed by atoms with Crippen molar-refractivity contribution >= 4 is 28.4 Å². The van der Waals surface area contributed by atoms with Crippen LogP contribution >= 0.6 is 22.6 Å². The third-order valence-electron chi connectivity index (χ3n) is 3.94. The molecule has 0 bridgehead atoms. The minimum absolute atomic E-state index is 0.454. The maximum atomic E-state index is 4.27. The van der Waals surface area contributed by atoms with Gasteiger partial charge >= 0.3 is 0 Å². The Morgan fingerprint density at radius 1 is 1.17 bits per heavy atom. The zero-order valence-electron chi connectivity index (χ0n) is 11.4. The molecule has 1 heterocycles. The first-order valence-corrected chi connectivity index (χ1v) is 7.77. The Morgan fingerprint density at radius 3 is 2.39 bits per heavy atom. The molecule has 3 nitrogen and oxygen atoms in total. The average molecular weight is 359 g/mol. The molecule has 1 aliphatic carbocycles. The molecule has 4 heteroatoms. The van der Waals surface area contributed by atoms with Crippen LogP contribution < -0.4 is 5.32 Å². The highest BCUT2D eigenvalue weighted by Crippen LogP contribution is 2.38. The fourth-order valence-electron chi connectivity index (χ4n) is 2.73. The van der Waals surface area contributed by atoms with Crippen molar-refractivity contribution < 1.29 is 0 Å². The first-order valence-electron chi connectivity index (χ1n) is 6.69. The maximum absolute atomic E-state index is 4.27. The molecule has 0 aliphatic heterocycles. The van der Waals surface area contributed by atoms with E-state index in [1.165, 1.54) is 25.7 Å². The van der Waals surface area contributed by atoms with Gasteiger partial charge in [0.2, 0.25) is 0 Å². The van der Waals surface area contributed by atoms with Crippen molar-refractivity contribution in [2.75, 3.05) is 5.32 Å². The van der Waals surface area contributed by atoms with Gasteiger partial charge in [-0.1, -0.05) is 20.8 Å². The molecule has 0 aromatic carbocycles. The van der Waals surface area contributed by atoms with E-state index in [1.54, 1.807) is 6.33 Å². The number of rotatable bonds is 2. The van der Waals surface area contributed by atoms with Crippen LogP contribution in [0.1, 0.15) is 46.5 Å². The molecular formula is C14H22IN3. The lowest BCUT2D eigenvalue weighted by Gasteiger charge is -2.37. The van der Waals surface area contributed by atoms with Crippen LogP contribution in [0.3, 0.4) is 0 Å². The summed E-state index contributed by atoms with van der Waals surface area (Å²) in [5.41, 5.74) is 0.454. The van der Waals surface area contributed by atoms with Gasteiger partial charge in [0.15, 0.2) is 0 Å². The minimum atomic E-state index is 0.454. The van der Waals surface area contributed by atoms with Gasteiger partial charge in [0, 0.05) is 12.1 Å². The molecular weight excluding hydrogens is 337 g/mol. The number of nitrogens with one attached hydrogen (secondary N) is 1. The Labute approximate surface area is 123 Å². The van der Waals surface area contributed by atoms with Crippen LogP contribution in [0.2, 0.25) is 0 Å². The van der Waals surface area contributed by atoms with Crippen molar-refractivity contribution in [2.24, 2.45) is 11.3 Å². The lowest BCUT2D eigenvalue weighted by molar-refractivity contribution is 0.173. The number of hydrogen-bond acceptors (Lipinski definition) is 3. The van der Waals surface area contributed by atoms with Gasteiger partial charge in [-0.2, -0.15) is 0 Å². The van der Waals surface area contributed by atoms with Crippen molar-refractivity contribution in [3.05, 3.63) is 16.1 Å². The summed E-state index contributed by atoms with van der Waals surface area (Å²) in [5.74, 6) is 1.83. The highest BCUT2D eigenvalue weighted by molar-refractivity contribution is 14.1. The molecule has 0 spiro atoms. The highest BCUT2D eigenvalue weighted by Gasteiger charge is 2.29. The number of halogens is 1. The van der Waals surface area contributed by atoms with Crippen molar-refractivity contribution in [3.63, 3.8) is 0 Å². The van der Waals surface area contributed by atoms with Crippen LogP contribution in [0, 0.1) is 15.0 Å². The third kappa shape index (κ3) is 3.80. The van der Waals surface area contributed by atoms with Gasteiger partial charge in [0.1, 0.15) is 15.8 Å². The second-order valence-corrected chi connectivity index (χ2v) is 7.39. The second kappa shape index (κ2) is 5.72. The monoisotopic (exact) mass is 359 g/mol. The van der Waals surface area contributed by atoms with E-state index in [-0.39, 0.29) is 0 Å². The normalized spacial score (nSPS) is 24.9. The predicted molar refractivity (Wildman–Crippen MR) is 83.6 cm³/mol. The average Bonchev–Trinajstić information content (AvgIpc) is 2.28. The molecule has 2 rings (SSSR count). The molecule has 1 aromatic heterocycles. The molecule has 100 valence electrons. The molecule has 1 aliphatic rings. The summed E-state index contributed by atoms with van der Waals surface area (Å²) in [6.07, 6.45) is 6.78. The van der Waals surface area contributed by atoms with Crippen molar-refractivity contribution in [1.29, 1.82) is 0 Å². The lowest BCUT2D eigenvalue weighted by atomic mass is 9.71. The summed E-state index contributed by atoms with van der Waals surface area (Å²) in [6, 6.07) is 2.59. The molecule has 0 atom stereocenters. The molecule has 1 N–H and O–H groups in total. The third-order valence-corrected chi connectivity index (χ3v) is 4.53. The van der Waals surface area contributed by atoms with Crippen molar-refractivity contribution in [3.8, 4) is 0 Å². The Balaban J connectivity index is 1.87. The van der Waals surface area contributed by atoms with Crippen LogP contribution in [0.25, 0.3) is 0 Å². The summed E-state index contributed by atoms with van der Waals surface area (Å²) in [7, 11) is 0. The molecule has 0 saturated heterocycles. The van der Waals surface area contributed by atoms with Crippen LogP contribution in [0.15, 0.2) is 12.4 Å². The van der Waals surface area contributed by atoms with Crippen molar-refractivity contribution in [2.45, 2.75) is 52.5 Å². The number of hydrogen-bond donors (Lipinski definition) is 1. The number of nitrogens with zero attached hydrogens (tertiary/aromatic N) is 2. The van der Waals surface area contributed by atoms with Gasteiger partial charge < -0.3 is 5.32 Å². The largest absolute Gasteiger partial charge is 0.367 e. The fraction of sp³-hybridized carbons (Fsp3) is 0.714. The van der Waals surface area contributed by atoms with Crippen LogP contribution in [-0.4, -0.2) is 16.0 Å². The van der Waals surface area contributed by atoms with E-state index in [4.69, 9.17) is 0 Å². The smallest absolute Gasteiger partial charge is 0.130 e. The number of anilines is 1. The summed E-state index contributed by atoms with van der Waals surface area (Å²) in [4.78, 5) is 8.39. The Morgan fingerprint density at radius 2 is 1.83 bits per heavy atom. The summed E-state index contributed by atoms with van der Waals surface area (Å²) in [5, 5.41) is 3.54. The first-order chi connectivity index (χ1) is 8.45. The maximum Gasteiger partial charge on any atom is 0.130 e. The standard InChI is InChI=1S/C14H22IN3/c1-14(2,3)10-4-6-11(7-5-10)18-13-8-12(15)16-9-17-13/h8-11H,4-7H2,1-3H3,(H,16,17,18). The van der Waals surface area contributed by atoms with E-state index < -0.39 is 0 Å². The lowest BCUT2D eigenvalue weighted by Crippen LogP contribution is -2.31. The van der Waals surface area contributed by atoms with E-state index in [2.05, 4.69) is 58.6 Å². The molecule has 0 amide bonds. The van der Waals surface area contributed by atoms with E-state index in [0.29, 0.717) is 11.5 Å². The highest BCUT2D eigenvalue weighted by atomic mass is 127. The Bertz CT molecular complexity index is 392. The molecule has 0 radical (unpaired) electrons. The van der Waals surface area contributed by atoms with Crippen LogP contribution in [0.4, 0.5) is 5.82 Å². The van der Waals surface area contributed by atoms with Gasteiger partial charge in [-0.15, -0.1) is 0 Å². The zero-order valence-corrected chi connectivity index (χ0v) is 13.6. The Kier molecular flexibility index (Phi) is 4.45. The fourth-order valence-corrected chi connectivity index (χ4v) is 3.14. The van der Waals surface area contributed by atoms with Gasteiger partial charge in [-0.05, 0) is 59.6 Å². The summed E-state index contributed by atoms with van der Waals surface area (Å²) < 4.78 is 0.994. The molecule has 1 saturated carbocycles. The van der Waals surface area contributed by atoms with Gasteiger partial charge in [-0.25, -0.2) is 9.97 Å². The minimum Gasteiger partial charge on any atom is -0.367 e. The molecule has 1 aromatic rings. The topological polar surface area (TPSA) is 37.8 Å². The molecule has 0 unspecified atom stereocenters. The second-order valence-electron chi connectivity index (χ2n) is 6.28. The first kappa shape index (κ1) is 14.0. The zero-order chi connectivity index (χ0) is 13.2. The van der Waals surface area contributed by atoms with E-state index in [9.17, 15) is 0 Å². The summed E-state index contributed by atoms with van der Waals surface area (Å²) in [6.45, 7) is 7.08.